The molecule has 0 spiro atoms. The lowest BCUT2D eigenvalue weighted by Gasteiger charge is -2.31. The highest BCUT2D eigenvalue weighted by Crippen LogP contribution is 2.43. The molecule has 1 aromatic carbocycles. The van der Waals surface area contributed by atoms with Crippen LogP contribution in [0.2, 0.25) is 0 Å². The molecule has 0 saturated carbocycles. The van der Waals surface area contributed by atoms with E-state index in [4.69, 9.17) is 4.74 Å². The van der Waals surface area contributed by atoms with E-state index in [0.717, 1.165) is 18.2 Å². The van der Waals surface area contributed by atoms with Crippen LogP contribution in [0.3, 0.4) is 0 Å². The molecule has 0 radical (unpaired) electrons. The Labute approximate surface area is 109 Å². The van der Waals surface area contributed by atoms with Gasteiger partial charge in [0.2, 0.25) is 0 Å². The Kier molecular flexibility index (Phi) is 3.16. The van der Waals surface area contributed by atoms with Crippen LogP contribution in [-0.4, -0.2) is 38.7 Å². The first-order valence-corrected chi connectivity index (χ1v) is 6.89. The molecule has 0 amide bonds. The molecule has 0 bridgehead atoms. The van der Waals surface area contributed by atoms with Crippen molar-refractivity contribution in [3.8, 4) is 5.75 Å². The molecule has 3 rings (SSSR count). The second-order valence-corrected chi connectivity index (χ2v) is 5.56. The van der Waals surface area contributed by atoms with E-state index in [-0.39, 0.29) is 0 Å². The Morgan fingerprint density at radius 2 is 2.22 bits per heavy atom. The van der Waals surface area contributed by atoms with E-state index in [1.54, 1.807) is 7.11 Å². The van der Waals surface area contributed by atoms with Crippen LogP contribution in [0, 0.1) is 5.92 Å². The topological polar surface area (TPSA) is 24.5 Å². The van der Waals surface area contributed by atoms with E-state index in [9.17, 15) is 0 Å². The molecule has 98 valence electrons. The van der Waals surface area contributed by atoms with Gasteiger partial charge in [-0.1, -0.05) is 12.1 Å². The minimum Gasteiger partial charge on any atom is -0.495 e. The smallest absolute Gasteiger partial charge is 0.142 e. The summed E-state index contributed by atoms with van der Waals surface area (Å²) in [7, 11) is 3.98. The van der Waals surface area contributed by atoms with Crippen molar-refractivity contribution in [2.24, 2.45) is 5.92 Å². The first-order valence-electron chi connectivity index (χ1n) is 6.89. The van der Waals surface area contributed by atoms with Gasteiger partial charge < -0.3 is 15.0 Å². The first kappa shape index (κ1) is 11.8. The van der Waals surface area contributed by atoms with Gasteiger partial charge in [-0.15, -0.1) is 0 Å². The number of anilines is 1. The van der Waals surface area contributed by atoms with Gasteiger partial charge in [0.15, 0.2) is 0 Å². The molecule has 1 fully saturated rings. The Bertz CT molecular complexity index is 433. The van der Waals surface area contributed by atoms with E-state index in [1.165, 1.54) is 37.2 Å². The Hall–Kier alpha value is -1.22. The summed E-state index contributed by atoms with van der Waals surface area (Å²) >= 11 is 0. The molecule has 3 nitrogen and oxygen atoms in total. The molecule has 1 saturated heterocycles. The number of ether oxygens (including phenoxy) is 1. The molecule has 0 aromatic heterocycles. The van der Waals surface area contributed by atoms with E-state index < -0.39 is 0 Å². The Balaban J connectivity index is 1.92. The largest absolute Gasteiger partial charge is 0.495 e. The van der Waals surface area contributed by atoms with Crippen molar-refractivity contribution in [1.29, 1.82) is 0 Å². The fourth-order valence-electron chi connectivity index (χ4n) is 3.51. The summed E-state index contributed by atoms with van der Waals surface area (Å²) in [4.78, 5) is 2.45. The van der Waals surface area contributed by atoms with Crippen molar-refractivity contribution < 1.29 is 4.74 Å². The van der Waals surface area contributed by atoms with Gasteiger partial charge in [-0.3, -0.25) is 0 Å². The van der Waals surface area contributed by atoms with Gasteiger partial charge in [0.05, 0.1) is 12.8 Å². The fourth-order valence-corrected chi connectivity index (χ4v) is 3.51. The fraction of sp³-hybridized carbons (Fsp3) is 0.600. The number of hydrogen-bond acceptors (Lipinski definition) is 3. The third kappa shape index (κ3) is 1.97. The van der Waals surface area contributed by atoms with Crippen molar-refractivity contribution in [2.75, 3.05) is 39.1 Å². The monoisotopic (exact) mass is 246 g/mol. The van der Waals surface area contributed by atoms with E-state index in [1.807, 2.05) is 0 Å². The van der Waals surface area contributed by atoms with Crippen molar-refractivity contribution in [3.05, 3.63) is 23.8 Å². The predicted octanol–water partition coefficient (Wildman–Crippen LogP) is 2.55. The highest BCUT2D eigenvalue weighted by Gasteiger charge is 2.32. The van der Waals surface area contributed by atoms with Gasteiger partial charge in [0, 0.05) is 13.1 Å². The lowest BCUT2D eigenvalue weighted by molar-refractivity contribution is 0.359. The van der Waals surface area contributed by atoms with Crippen LogP contribution in [0.1, 0.15) is 24.3 Å². The number of benzene rings is 1. The Morgan fingerprint density at radius 1 is 1.33 bits per heavy atom. The number of nitrogens with one attached hydrogen (secondary N) is 1. The lowest BCUT2D eigenvalue weighted by Crippen LogP contribution is -2.25. The van der Waals surface area contributed by atoms with Crippen LogP contribution in [-0.2, 0) is 0 Å². The van der Waals surface area contributed by atoms with Gasteiger partial charge >= 0.3 is 0 Å². The molecule has 2 unspecified atom stereocenters. The molecule has 2 aliphatic rings. The number of nitrogens with zero attached hydrogens (tertiary/aromatic N) is 1. The third-order valence-electron chi connectivity index (χ3n) is 4.43. The number of para-hydroxylation sites is 1. The van der Waals surface area contributed by atoms with E-state index >= 15 is 0 Å². The van der Waals surface area contributed by atoms with E-state index in [2.05, 4.69) is 35.5 Å². The van der Waals surface area contributed by atoms with Crippen LogP contribution in [0.25, 0.3) is 0 Å². The zero-order valence-corrected chi connectivity index (χ0v) is 11.3. The van der Waals surface area contributed by atoms with Crippen LogP contribution in [0.15, 0.2) is 18.2 Å². The highest BCUT2D eigenvalue weighted by molar-refractivity contribution is 5.64. The zero-order chi connectivity index (χ0) is 12.5. The second kappa shape index (κ2) is 4.81. The molecule has 2 aliphatic heterocycles. The summed E-state index contributed by atoms with van der Waals surface area (Å²) in [6, 6.07) is 6.44. The van der Waals surface area contributed by atoms with Crippen LogP contribution < -0.4 is 10.1 Å². The maximum Gasteiger partial charge on any atom is 0.142 e. The molecule has 0 aliphatic carbocycles. The summed E-state index contributed by atoms with van der Waals surface area (Å²) in [5.74, 6) is 2.49. The molecule has 2 heterocycles. The molecule has 1 aromatic rings. The average molecular weight is 246 g/mol. The number of rotatable bonds is 2. The SMILES string of the molecule is COc1cccc2c1NCCC2C1CCN(C)C1. The summed E-state index contributed by atoms with van der Waals surface area (Å²) < 4.78 is 5.47. The second-order valence-electron chi connectivity index (χ2n) is 5.56. The number of hydrogen-bond donors (Lipinski definition) is 1. The zero-order valence-electron chi connectivity index (χ0n) is 11.3. The average Bonchev–Trinajstić information content (AvgIpc) is 2.84. The van der Waals surface area contributed by atoms with Crippen molar-refractivity contribution in [1.82, 2.24) is 4.90 Å². The maximum absolute atomic E-state index is 5.47. The standard InChI is InChI=1S/C15H22N2O/c1-17-9-7-11(10-17)12-6-8-16-15-13(12)4-3-5-14(15)18-2/h3-5,11-12,16H,6-10H2,1-2H3. The number of likely N-dealkylation sites (tertiary alicyclic amines) is 1. The van der Waals surface area contributed by atoms with Crippen LogP contribution in [0.4, 0.5) is 5.69 Å². The molecular formula is C15H22N2O. The van der Waals surface area contributed by atoms with Gasteiger partial charge in [-0.2, -0.15) is 0 Å². The summed E-state index contributed by atoms with van der Waals surface area (Å²) in [6.07, 6.45) is 2.58. The summed E-state index contributed by atoms with van der Waals surface area (Å²) in [6.45, 7) is 3.55. The molecule has 3 heteroatoms. The number of fused-ring (bicyclic) bond motifs is 1. The van der Waals surface area contributed by atoms with Gasteiger partial charge in [0.1, 0.15) is 5.75 Å². The van der Waals surface area contributed by atoms with Crippen molar-refractivity contribution in [3.63, 3.8) is 0 Å². The molecule has 2 atom stereocenters. The van der Waals surface area contributed by atoms with Gasteiger partial charge in [0.25, 0.3) is 0 Å². The normalized spacial score (nSPS) is 27.7. The van der Waals surface area contributed by atoms with Crippen molar-refractivity contribution >= 4 is 5.69 Å². The minimum atomic E-state index is 0.696. The summed E-state index contributed by atoms with van der Waals surface area (Å²) in [5, 5.41) is 3.51. The Morgan fingerprint density at radius 3 is 2.94 bits per heavy atom. The first-order chi connectivity index (χ1) is 8.79. The highest BCUT2D eigenvalue weighted by atomic mass is 16.5. The molecule has 1 N–H and O–H groups in total. The van der Waals surface area contributed by atoms with Crippen LogP contribution >= 0.6 is 0 Å². The maximum atomic E-state index is 5.47. The summed E-state index contributed by atoms with van der Waals surface area (Å²) in [5.41, 5.74) is 2.69. The van der Waals surface area contributed by atoms with Crippen molar-refractivity contribution in [2.45, 2.75) is 18.8 Å². The molecule has 18 heavy (non-hydrogen) atoms. The van der Waals surface area contributed by atoms with Gasteiger partial charge in [-0.05, 0) is 49.9 Å². The van der Waals surface area contributed by atoms with E-state index in [0.29, 0.717) is 5.92 Å². The third-order valence-corrected chi connectivity index (χ3v) is 4.43. The van der Waals surface area contributed by atoms with Gasteiger partial charge in [-0.25, -0.2) is 0 Å². The quantitative estimate of drug-likeness (QED) is 0.868. The number of methoxy groups -OCH3 is 1. The van der Waals surface area contributed by atoms with Crippen LogP contribution in [0.5, 0.6) is 5.75 Å². The predicted molar refractivity (Wildman–Crippen MR) is 74.4 cm³/mol. The molecular weight excluding hydrogens is 224 g/mol. The lowest BCUT2D eigenvalue weighted by atomic mass is 9.80. The minimum absolute atomic E-state index is 0.696.